The first-order chi connectivity index (χ1) is 10.5. The number of carbonyl (C=O) groups excluding carboxylic acids is 2. The number of alkyl carbamates (subject to hydrolysis) is 1. The molecule has 1 rings (SSSR count). The van der Waals surface area contributed by atoms with Crippen molar-refractivity contribution in [3.05, 3.63) is 35.9 Å². The Morgan fingerprint density at radius 3 is 2.26 bits per heavy atom. The summed E-state index contributed by atoms with van der Waals surface area (Å²) in [5, 5.41) is 2.39. The van der Waals surface area contributed by atoms with E-state index in [0.717, 1.165) is 5.56 Å². The second-order valence-electron chi connectivity index (χ2n) is 6.18. The van der Waals surface area contributed by atoms with Crippen molar-refractivity contribution >= 4 is 19.5 Å². The van der Waals surface area contributed by atoms with Gasteiger partial charge in [-0.3, -0.25) is 9.36 Å². The molecular weight excluding hydrogens is 321 g/mol. The molecule has 23 heavy (non-hydrogen) atoms. The average Bonchev–Trinajstić information content (AvgIpc) is 2.34. The quantitative estimate of drug-likeness (QED) is 0.680. The molecule has 0 saturated carbocycles. The zero-order chi connectivity index (χ0) is 17.7. The van der Waals surface area contributed by atoms with Gasteiger partial charge in [0.05, 0.1) is 6.04 Å². The molecule has 1 amide bonds. The van der Waals surface area contributed by atoms with Crippen LogP contribution in [-0.4, -0.2) is 39.5 Å². The number of nitrogens with one attached hydrogen (secondary N) is 1. The first-order valence-corrected chi connectivity index (χ1v) is 8.87. The average molecular weight is 343 g/mol. The van der Waals surface area contributed by atoms with Crippen LogP contribution >= 0.6 is 7.60 Å². The molecule has 0 bridgehead atoms. The molecule has 1 aromatic rings. The lowest BCUT2D eigenvalue weighted by Crippen LogP contribution is -2.45. The number of ether oxygens (including phenoxy) is 1. The summed E-state index contributed by atoms with van der Waals surface area (Å²) < 4.78 is 16.1. The third-order valence-electron chi connectivity index (χ3n) is 2.72. The van der Waals surface area contributed by atoms with Crippen LogP contribution in [0.4, 0.5) is 4.79 Å². The number of rotatable bonds is 6. The normalized spacial score (nSPS) is 13.3. The van der Waals surface area contributed by atoms with Crippen LogP contribution in [0, 0.1) is 0 Å². The van der Waals surface area contributed by atoms with Crippen molar-refractivity contribution in [2.24, 2.45) is 0 Å². The molecular formula is C15H22NO6P. The summed E-state index contributed by atoms with van der Waals surface area (Å²) in [5.74, 6) is -0.743. The van der Waals surface area contributed by atoms with E-state index in [1.165, 1.54) is 0 Å². The van der Waals surface area contributed by atoms with Crippen LogP contribution < -0.4 is 5.32 Å². The lowest BCUT2D eigenvalue weighted by molar-refractivity contribution is -0.118. The van der Waals surface area contributed by atoms with Crippen LogP contribution in [0.25, 0.3) is 0 Å². The third-order valence-corrected chi connectivity index (χ3v) is 3.45. The van der Waals surface area contributed by atoms with Crippen LogP contribution in [0.15, 0.2) is 30.3 Å². The van der Waals surface area contributed by atoms with Crippen molar-refractivity contribution in [3.63, 3.8) is 0 Å². The summed E-state index contributed by atoms with van der Waals surface area (Å²) >= 11 is 0. The maximum atomic E-state index is 12.1. The summed E-state index contributed by atoms with van der Waals surface area (Å²) in [4.78, 5) is 41.9. The van der Waals surface area contributed by atoms with Gasteiger partial charge in [0.1, 0.15) is 11.8 Å². The van der Waals surface area contributed by atoms with Crippen LogP contribution in [0.3, 0.4) is 0 Å². The monoisotopic (exact) mass is 343 g/mol. The number of amides is 1. The smallest absolute Gasteiger partial charge is 0.408 e. The minimum atomic E-state index is -4.51. The molecule has 0 heterocycles. The van der Waals surface area contributed by atoms with E-state index >= 15 is 0 Å². The number of ketones is 1. The molecule has 1 atom stereocenters. The number of benzene rings is 1. The Balaban J connectivity index is 2.85. The summed E-state index contributed by atoms with van der Waals surface area (Å²) in [6, 6.07) is 7.79. The lowest BCUT2D eigenvalue weighted by atomic mass is 10.0. The van der Waals surface area contributed by atoms with Gasteiger partial charge in [0.15, 0.2) is 5.78 Å². The Labute approximate surface area is 135 Å². The summed E-state index contributed by atoms with van der Waals surface area (Å²) in [7, 11) is -4.51. The zero-order valence-corrected chi connectivity index (χ0v) is 14.2. The molecule has 0 fully saturated rings. The van der Waals surface area contributed by atoms with Gasteiger partial charge in [0.2, 0.25) is 0 Å². The Hall–Kier alpha value is -1.69. The van der Waals surface area contributed by atoms with Crippen molar-refractivity contribution in [1.29, 1.82) is 0 Å². The van der Waals surface area contributed by atoms with Crippen molar-refractivity contribution in [2.75, 3.05) is 6.16 Å². The van der Waals surface area contributed by atoms with Gasteiger partial charge in [0, 0.05) is 0 Å². The second-order valence-corrected chi connectivity index (χ2v) is 7.82. The number of carbonyl (C=O) groups is 2. The van der Waals surface area contributed by atoms with Crippen molar-refractivity contribution in [3.8, 4) is 0 Å². The molecule has 1 aromatic carbocycles. The Bertz CT molecular complexity index is 590. The highest BCUT2D eigenvalue weighted by molar-refractivity contribution is 7.52. The number of hydrogen-bond acceptors (Lipinski definition) is 4. The Morgan fingerprint density at radius 1 is 1.22 bits per heavy atom. The molecule has 0 radical (unpaired) electrons. The molecule has 0 aromatic heterocycles. The van der Waals surface area contributed by atoms with E-state index in [0.29, 0.717) is 0 Å². The largest absolute Gasteiger partial charge is 0.444 e. The first-order valence-electron chi connectivity index (χ1n) is 7.07. The van der Waals surface area contributed by atoms with E-state index in [4.69, 9.17) is 14.5 Å². The molecule has 128 valence electrons. The van der Waals surface area contributed by atoms with Crippen LogP contribution in [0.2, 0.25) is 0 Å². The molecule has 8 heteroatoms. The summed E-state index contributed by atoms with van der Waals surface area (Å²) in [6.45, 7) is 5.03. The molecule has 3 N–H and O–H groups in total. The Morgan fingerprint density at radius 2 is 1.78 bits per heavy atom. The van der Waals surface area contributed by atoms with Gasteiger partial charge in [-0.25, -0.2) is 4.79 Å². The predicted molar refractivity (Wildman–Crippen MR) is 85.2 cm³/mol. The van der Waals surface area contributed by atoms with Gasteiger partial charge in [-0.15, -0.1) is 0 Å². The zero-order valence-electron chi connectivity index (χ0n) is 13.4. The second kappa shape index (κ2) is 7.73. The van der Waals surface area contributed by atoms with E-state index in [-0.39, 0.29) is 6.42 Å². The van der Waals surface area contributed by atoms with Crippen LogP contribution in [-0.2, 0) is 20.5 Å². The van der Waals surface area contributed by atoms with Gasteiger partial charge >= 0.3 is 13.7 Å². The highest BCUT2D eigenvalue weighted by Gasteiger charge is 2.29. The van der Waals surface area contributed by atoms with Gasteiger partial charge in [-0.1, -0.05) is 30.3 Å². The molecule has 0 aliphatic rings. The molecule has 7 nitrogen and oxygen atoms in total. The minimum Gasteiger partial charge on any atom is -0.444 e. The number of Topliss-reactive ketones (excluding diaryl/α,β-unsaturated/α-hetero) is 1. The third kappa shape index (κ3) is 8.50. The Kier molecular flexibility index (Phi) is 6.50. The SMILES string of the molecule is CC(C)(C)OC(=O)N[C@@H](Cc1ccccc1)C(=O)CP(=O)(O)O. The van der Waals surface area contributed by atoms with Gasteiger partial charge in [-0.05, 0) is 32.8 Å². The highest BCUT2D eigenvalue weighted by Crippen LogP contribution is 2.34. The fraction of sp³-hybridized carbons (Fsp3) is 0.467. The van der Waals surface area contributed by atoms with E-state index in [2.05, 4.69) is 5.32 Å². The van der Waals surface area contributed by atoms with E-state index < -0.39 is 37.3 Å². The van der Waals surface area contributed by atoms with Gasteiger partial charge in [-0.2, -0.15) is 0 Å². The summed E-state index contributed by atoms with van der Waals surface area (Å²) in [5.41, 5.74) is 0.0147. The topological polar surface area (TPSA) is 113 Å². The van der Waals surface area contributed by atoms with Crippen molar-refractivity contribution in [2.45, 2.75) is 38.8 Å². The molecule has 0 unspecified atom stereocenters. The molecule has 0 aliphatic carbocycles. The van der Waals surface area contributed by atoms with Gasteiger partial charge < -0.3 is 19.8 Å². The van der Waals surface area contributed by atoms with Crippen molar-refractivity contribution in [1.82, 2.24) is 5.32 Å². The van der Waals surface area contributed by atoms with E-state index in [1.54, 1.807) is 51.1 Å². The molecule has 0 aliphatic heterocycles. The van der Waals surface area contributed by atoms with Gasteiger partial charge in [0.25, 0.3) is 0 Å². The summed E-state index contributed by atoms with van der Waals surface area (Å²) in [6.07, 6.45) is -1.61. The maximum Gasteiger partial charge on any atom is 0.408 e. The van der Waals surface area contributed by atoms with Crippen molar-refractivity contribution < 1.29 is 28.7 Å². The molecule has 0 saturated heterocycles. The minimum absolute atomic E-state index is 0.124. The van der Waals surface area contributed by atoms with E-state index in [9.17, 15) is 14.2 Å². The van der Waals surface area contributed by atoms with E-state index in [1.807, 2.05) is 0 Å². The molecule has 0 spiro atoms. The van der Waals surface area contributed by atoms with Crippen LogP contribution in [0.5, 0.6) is 0 Å². The lowest BCUT2D eigenvalue weighted by Gasteiger charge is -2.23. The van der Waals surface area contributed by atoms with Crippen LogP contribution in [0.1, 0.15) is 26.3 Å². The fourth-order valence-corrected chi connectivity index (χ4v) is 2.48. The first kappa shape index (κ1) is 19.4. The number of hydrogen-bond donors (Lipinski definition) is 3. The maximum absolute atomic E-state index is 12.1. The predicted octanol–water partition coefficient (Wildman–Crippen LogP) is 1.87. The standard InChI is InChI=1S/C15H22NO6P/c1-15(2,3)22-14(18)16-12(13(17)10-23(19,20)21)9-11-7-5-4-6-8-11/h4-8,12H,9-10H2,1-3H3,(H,16,18)(H2,19,20,21)/t12-/m0/s1. The fourth-order valence-electron chi connectivity index (χ4n) is 1.86. The highest BCUT2D eigenvalue weighted by atomic mass is 31.2.